The number of nitrogens with zero attached hydrogens (tertiary/aromatic N) is 3. The highest BCUT2D eigenvalue weighted by atomic mass is 32.2. The maximum absolute atomic E-state index is 14.6. The van der Waals surface area contributed by atoms with E-state index in [4.69, 9.17) is 14.2 Å². The first-order chi connectivity index (χ1) is 23.9. The lowest BCUT2D eigenvalue weighted by Gasteiger charge is -2.36. The van der Waals surface area contributed by atoms with Gasteiger partial charge in [0, 0.05) is 31.0 Å². The Labute approximate surface area is 299 Å². The summed E-state index contributed by atoms with van der Waals surface area (Å²) in [6.45, 7) is 12.7. The number of nitrogens with one attached hydrogen (secondary N) is 2. The summed E-state index contributed by atoms with van der Waals surface area (Å²) < 4.78 is 44.9. The van der Waals surface area contributed by atoms with Crippen molar-refractivity contribution >= 4 is 44.6 Å². The van der Waals surface area contributed by atoms with E-state index in [1.807, 2.05) is 32.0 Å². The van der Waals surface area contributed by atoms with Crippen LogP contribution in [0.25, 0.3) is 10.8 Å². The van der Waals surface area contributed by atoms with E-state index in [-0.39, 0.29) is 25.3 Å². The van der Waals surface area contributed by atoms with Crippen LogP contribution in [0.5, 0.6) is 11.6 Å². The third kappa shape index (κ3) is 8.08. The molecule has 5 rings (SSSR count). The van der Waals surface area contributed by atoms with Gasteiger partial charge < -0.3 is 24.4 Å². The van der Waals surface area contributed by atoms with E-state index in [2.05, 4.69) is 21.6 Å². The van der Waals surface area contributed by atoms with Gasteiger partial charge >= 0.3 is 6.09 Å². The normalized spacial score (nSPS) is 24.2. The van der Waals surface area contributed by atoms with E-state index in [1.165, 1.54) is 22.9 Å². The smallest absolute Gasteiger partial charge is 0.410 e. The maximum atomic E-state index is 14.6. The number of aromatic nitrogens is 1. The molecule has 1 aromatic heterocycles. The number of benzene rings is 1. The Balaban J connectivity index is 1.46. The molecule has 0 radical (unpaired) electrons. The first kappa shape index (κ1) is 37.8. The van der Waals surface area contributed by atoms with Crippen LogP contribution in [0.15, 0.2) is 43.1 Å². The molecule has 51 heavy (non-hydrogen) atoms. The summed E-state index contributed by atoms with van der Waals surface area (Å²) in [6, 6.07) is 5.12. The molecule has 2 heterocycles. The zero-order valence-electron chi connectivity index (χ0n) is 30.3. The largest absolute Gasteiger partial charge is 0.497 e. The number of carbonyl (C=O) groups is 4. The van der Waals surface area contributed by atoms with Crippen LogP contribution in [0.3, 0.4) is 0 Å². The molecular formula is C36H49N5O9S. The van der Waals surface area contributed by atoms with Gasteiger partial charge in [0.15, 0.2) is 0 Å². The lowest BCUT2D eigenvalue weighted by Crippen LogP contribution is -2.59. The summed E-state index contributed by atoms with van der Waals surface area (Å²) in [7, 11) is -0.829. The van der Waals surface area contributed by atoms with Gasteiger partial charge in [-0.15, -0.1) is 6.58 Å². The van der Waals surface area contributed by atoms with Crippen LogP contribution in [0.1, 0.15) is 66.7 Å². The average Bonchev–Trinajstić information content (AvgIpc) is 4.00. The summed E-state index contributed by atoms with van der Waals surface area (Å²) in [5.74, 6) is -1.88. The minimum absolute atomic E-state index is 0.0274. The molecule has 0 bridgehead atoms. The molecule has 1 saturated heterocycles. The van der Waals surface area contributed by atoms with E-state index in [9.17, 15) is 27.6 Å². The van der Waals surface area contributed by atoms with E-state index in [0.717, 1.165) is 5.39 Å². The van der Waals surface area contributed by atoms with Crippen LogP contribution in [-0.2, 0) is 29.1 Å². The molecule has 14 nitrogen and oxygen atoms in total. The Kier molecular flexibility index (Phi) is 10.6. The number of hydrogen-bond donors (Lipinski definition) is 2. The molecule has 278 valence electrons. The van der Waals surface area contributed by atoms with E-state index >= 15 is 0 Å². The van der Waals surface area contributed by atoms with Gasteiger partial charge in [-0.1, -0.05) is 26.3 Å². The minimum atomic E-state index is -3.89. The quantitative estimate of drug-likeness (QED) is 0.291. The summed E-state index contributed by atoms with van der Waals surface area (Å²) >= 11 is 0. The second-order valence-corrected chi connectivity index (χ2v) is 16.8. The van der Waals surface area contributed by atoms with Gasteiger partial charge in [-0.05, 0) is 75.6 Å². The van der Waals surface area contributed by atoms with Crippen LogP contribution in [0.2, 0.25) is 0 Å². The second kappa shape index (κ2) is 14.3. The third-order valence-corrected chi connectivity index (χ3v) is 11.7. The van der Waals surface area contributed by atoms with Gasteiger partial charge in [0.1, 0.15) is 35.1 Å². The van der Waals surface area contributed by atoms with Crippen molar-refractivity contribution in [3.63, 3.8) is 0 Å². The number of pyridine rings is 1. The molecule has 0 spiro atoms. The minimum Gasteiger partial charge on any atom is -0.497 e. The van der Waals surface area contributed by atoms with E-state index in [0.29, 0.717) is 36.3 Å². The number of amides is 4. The molecule has 1 aliphatic heterocycles. The van der Waals surface area contributed by atoms with Gasteiger partial charge in [0.25, 0.3) is 5.91 Å². The fourth-order valence-electron chi connectivity index (χ4n) is 6.53. The number of sulfonamides is 1. The lowest BCUT2D eigenvalue weighted by molar-refractivity contribution is -0.144. The first-order valence-corrected chi connectivity index (χ1v) is 18.9. The van der Waals surface area contributed by atoms with Gasteiger partial charge in [-0.25, -0.2) is 18.2 Å². The molecule has 15 heteroatoms. The van der Waals surface area contributed by atoms with Gasteiger partial charge in [-0.2, -0.15) is 0 Å². The molecule has 2 saturated carbocycles. The maximum Gasteiger partial charge on any atom is 0.410 e. The molecule has 0 unspecified atom stereocenters. The van der Waals surface area contributed by atoms with Crippen molar-refractivity contribution in [2.24, 2.45) is 11.8 Å². The zero-order valence-corrected chi connectivity index (χ0v) is 31.1. The van der Waals surface area contributed by atoms with Crippen LogP contribution in [0.4, 0.5) is 4.79 Å². The standard InChI is InChI=1S/C36H49N5O9S/c1-9-21(3)29(40(7)34(45)50-35(4,5)6)32(43)41-20-25(49-31-27-14-11-24(48-8)17-22(27)15-16-37-31)18-28(41)30(42)38-36(19-23(36)10-2)33(44)39-51(46,47)26-12-13-26/h10-11,14-17,21,23,25-26,28-29H,2,9,12-13,18-20H2,1,3-8H3,(H,38,42)(H,39,44)/t21-,23+,25+,28-,29-,36+/m0/s1. The zero-order chi connectivity index (χ0) is 37.5. The molecule has 2 aromatic rings. The van der Waals surface area contributed by atoms with E-state index in [1.54, 1.807) is 40.1 Å². The fourth-order valence-corrected chi connectivity index (χ4v) is 7.90. The molecule has 1 aromatic carbocycles. The molecule has 3 fully saturated rings. The number of likely N-dealkylation sites (tertiary alicyclic amines) is 1. The van der Waals surface area contributed by atoms with Crippen LogP contribution in [0, 0.1) is 11.8 Å². The van der Waals surface area contributed by atoms with Crippen molar-refractivity contribution in [3.05, 3.63) is 43.1 Å². The van der Waals surface area contributed by atoms with Crippen molar-refractivity contribution in [3.8, 4) is 11.6 Å². The van der Waals surface area contributed by atoms with Crippen LogP contribution >= 0.6 is 0 Å². The van der Waals surface area contributed by atoms with E-state index < -0.39 is 74.3 Å². The Morgan fingerprint density at radius 1 is 1.20 bits per heavy atom. The summed E-state index contributed by atoms with van der Waals surface area (Å²) in [6.07, 6.45) is 3.34. The monoisotopic (exact) mass is 727 g/mol. The number of hydrogen-bond acceptors (Lipinski definition) is 10. The molecule has 2 N–H and O–H groups in total. The molecule has 4 amide bonds. The lowest BCUT2D eigenvalue weighted by atomic mass is 9.96. The topological polar surface area (TPSA) is 174 Å². The number of methoxy groups -OCH3 is 1. The predicted octanol–water partition coefficient (Wildman–Crippen LogP) is 3.54. The first-order valence-electron chi connectivity index (χ1n) is 17.3. The highest BCUT2D eigenvalue weighted by molar-refractivity contribution is 7.91. The molecule has 3 aliphatic rings. The van der Waals surface area contributed by atoms with Crippen molar-refractivity contribution in [2.45, 2.75) is 101 Å². The summed E-state index contributed by atoms with van der Waals surface area (Å²) in [5, 5.41) is 3.67. The summed E-state index contributed by atoms with van der Waals surface area (Å²) in [4.78, 5) is 62.7. The Morgan fingerprint density at radius 3 is 2.49 bits per heavy atom. The van der Waals surface area contributed by atoms with Gasteiger partial charge in [0.05, 0.1) is 18.9 Å². The number of fused-ring (bicyclic) bond motifs is 1. The van der Waals surface area contributed by atoms with Crippen molar-refractivity contribution in [2.75, 3.05) is 20.7 Å². The molecule has 6 atom stereocenters. The Hall–Kier alpha value is -4.40. The van der Waals surface area contributed by atoms with Crippen LogP contribution < -0.4 is 19.5 Å². The molecule has 2 aliphatic carbocycles. The number of rotatable bonds is 13. The second-order valence-electron chi connectivity index (χ2n) is 14.8. The highest BCUT2D eigenvalue weighted by Crippen LogP contribution is 2.45. The fraction of sp³-hybridized carbons (Fsp3) is 0.583. The predicted molar refractivity (Wildman–Crippen MR) is 189 cm³/mol. The van der Waals surface area contributed by atoms with Crippen molar-refractivity contribution in [1.82, 2.24) is 24.8 Å². The third-order valence-electron chi connectivity index (χ3n) is 9.85. The van der Waals surface area contributed by atoms with Gasteiger partial charge in [0.2, 0.25) is 27.7 Å². The number of likely N-dealkylation sites (N-methyl/N-ethyl adjacent to an activating group) is 1. The number of ether oxygens (including phenoxy) is 3. The Morgan fingerprint density at radius 2 is 1.90 bits per heavy atom. The number of carbonyl (C=O) groups excluding carboxylic acids is 4. The van der Waals surface area contributed by atoms with Gasteiger partial charge in [-0.3, -0.25) is 24.0 Å². The Bertz CT molecular complexity index is 1810. The SMILES string of the molecule is C=C[C@@H]1C[C@]1(NC(=O)[C@@H]1C[C@@H](Oc2nccc3cc(OC)ccc23)CN1C(=O)[C@H]([C@@H](C)CC)N(C)C(=O)OC(C)(C)C)C(=O)NS(=O)(=O)C1CC1. The van der Waals surface area contributed by atoms with Crippen molar-refractivity contribution in [1.29, 1.82) is 0 Å². The van der Waals surface area contributed by atoms with Crippen LogP contribution in [-0.4, -0.2) is 102 Å². The highest BCUT2D eigenvalue weighted by Gasteiger charge is 2.62. The molecular weight excluding hydrogens is 678 g/mol. The summed E-state index contributed by atoms with van der Waals surface area (Å²) in [5.41, 5.74) is -2.36. The van der Waals surface area contributed by atoms with Crippen molar-refractivity contribution < 1.29 is 41.8 Å². The average molecular weight is 728 g/mol.